The molecule has 2 atom stereocenters. The molecule has 2 saturated heterocycles. The molecule has 0 aliphatic carbocycles. The minimum absolute atomic E-state index is 0. The highest BCUT2D eigenvalue weighted by Gasteiger charge is 2.23. The number of aliphatic imine (C=N–C) groups is 1. The Hall–Kier alpha value is -0.610. The molecule has 0 aromatic heterocycles. The van der Waals surface area contributed by atoms with Gasteiger partial charge in [-0.2, -0.15) is 0 Å². The monoisotopic (exact) mass is 522 g/mol. The minimum atomic E-state index is -0.153. The highest BCUT2D eigenvalue weighted by atomic mass is 127. The van der Waals surface area contributed by atoms with Crippen LogP contribution in [0.1, 0.15) is 58.8 Å². The van der Waals surface area contributed by atoms with Gasteiger partial charge in [0.2, 0.25) is 5.91 Å². The fraction of sp³-hybridized carbons (Fsp3) is 0.905. The molecule has 0 radical (unpaired) electrons. The number of hydrogen-bond acceptors (Lipinski definition) is 4. The van der Waals surface area contributed by atoms with Gasteiger partial charge >= 0.3 is 0 Å². The lowest BCUT2D eigenvalue weighted by Crippen LogP contribution is -2.42. The van der Waals surface area contributed by atoms with Crippen LogP contribution in [0.2, 0.25) is 0 Å². The second-order valence-corrected chi connectivity index (χ2v) is 8.32. The van der Waals surface area contributed by atoms with Crippen LogP contribution in [0.5, 0.6) is 0 Å². The maximum Gasteiger partial charge on any atom is 0.221 e. The summed E-state index contributed by atoms with van der Waals surface area (Å²) in [5.41, 5.74) is 5.46. The molecule has 2 unspecified atom stereocenters. The van der Waals surface area contributed by atoms with E-state index in [2.05, 4.69) is 34.3 Å². The van der Waals surface area contributed by atoms with Gasteiger partial charge in [-0.3, -0.25) is 9.79 Å². The van der Waals surface area contributed by atoms with Crippen LogP contribution in [-0.2, 0) is 4.79 Å². The van der Waals surface area contributed by atoms with E-state index in [1.54, 1.807) is 0 Å². The predicted octanol–water partition coefficient (Wildman–Crippen LogP) is 2.01. The standard InChI is InChI=1S/C21H42N6O.HI/c1-3-23-21(25-12-8-16-27-15-5-4-9-18(27)2)24-11-7-14-26-13-6-10-19(17-26)20(22)28;/h18-19H,3-17H2,1-2H3,(H2,22,28)(H2,23,24,25);1H. The average Bonchev–Trinajstić information content (AvgIpc) is 2.69. The maximum atomic E-state index is 11.4. The van der Waals surface area contributed by atoms with Crippen LogP contribution in [0, 0.1) is 5.92 Å². The second-order valence-electron chi connectivity index (χ2n) is 8.32. The smallest absolute Gasteiger partial charge is 0.221 e. The number of amides is 1. The van der Waals surface area contributed by atoms with Crippen LogP contribution in [0.4, 0.5) is 0 Å². The first-order valence-corrected chi connectivity index (χ1v) is 11.4. The Morgan fingerprint density at radius 3 is 2.66 bits per heavy atom. The zero-order valence-corrected chi connectivity index (χ0v) is 20.8. The topological polar surface area (TPSA) is 86.0 Å². The molecule has 2 aliphatic rings. The summed E-state index contributed by atoms with van der Waals surface area (Å²) < 4.78 is 0. The van der Waals surface area contributed by atoms with Crippen molar-refractivity contribution in [2.75, 3.05) is 52.4 Å². The number of piperidine rings is 2. The van der Waals surface area contributed by atoms with Crippen molar-refractivity contribution in [2.45, 2.75) is 64.8 Å². The summed E-state index contributed by atoms with van der Waals surface area (Å²) in [5.74, 6) is 0.794. The highest BCUT2D eigenvalue weighted by Crippen LogP contribution is 2.16. The van der Waals surface area contributed by atoms with Gasteiger partial charge in [0.1, 0.15) is 0 Å². The molecule has 2 aliphatic heterocycles. The Kier molecular flexibility index (Phi) is 13.9. The summed E-state index contributed by atoms with van der Waals surface area (Å²) in [4.78, 5) is 21.1. The van der Waals surface area contributed by atoms with Crippen molar-refractivity contribution < 1.29 is 4.79 Å². The zero-order chi connectivity index (χ0) is 20.2. The SMILES string of the molecule is CCNC(=NCCCN1CCCC(C(N)=O)C1)NCCCN1CCCCC1C.I. The quantitative estimate of drug-likeness (QED) is 0.177. The van der Waals surface area contributed by atoms with E-state index in [9.17, 15) is 4.79 Å². The zero-order valence-electron chi connectivity index (χ0n) is 18.5. The van der Waals surface area contributed by atoms with Crippen LogP contribution in [0.15, 0.2) is 4.99 Å². The molecular weight excluding hydrogens is 479 g/mol. The van der Waals surface area contributed by atoms with Gasteiger partial charge in [0.15, 0.2) is 5.96 Å². The number of nitrogens with two attached hydrogens (primary N) is 1. The highest BCUT2D eigenvalue weighted by molar-refractivity contribution is 14.0. The van der Waals surface area contributed by atoms with E-state index in [4.69, 9.17) is 10.7 Å². The number of likely N-dealkylation sites (tertiary alicyclic amines) is 2. The third kappa shape index (κ3) is 10.3. The first-order chi connectivity index (χ1) is 13.6. The lowest BCUT2D eigenvalue weighted by Gasteiger charge is -2.33. The van der Waals surface area contributed by atoms with E-state index in [0.29, 0.717) is 0 Å². The number of carbonyl (C=O) groups excluding carboxylic acids is 1. The Bertz CT molecular complexity index is 490. The molecule has 170 valence electrons. The van der Waals surface area contributed by atoms with Crippen molar-refractivity contribution in [2.24, 2.45) is 16.6 Å². The lowest BCUT2D eigenvalue weighted by atomic mass is 9.97. The lowest BCUT2D eigenvalue weighted by molar-refractivity contribution is -0.123. The molecule has 0 aromatic rings. The molecule has 2 heterocycles. The summed E-state index contributed by atoms with van der Waals surface area (Å²) in [5, 5.41) is 6.81. The van der Waals surface area contributed by atoms with Crippen LogP contribution < -0.4 is 16.4 Å². The number of hydrogen-bond donors (Lipinski definition) is 3. The molecule has 2 fully saturated rings. The summed E-state index contributed by atoms with van der Waals surface area (Å²) in [6, 6.07) is 0.736. The Balaban J connectivity index is 0.00000420. The molecular formula is C21H43IN6O. The maximum absolute atomic E-state index is 11.4. The Morgan fingerprint density at radius 2 is 1.93 bits per heavy atom. The molecule has 7 nitrogen and oxygen atoms in total. The van der Waals surface area contributed by atoms with Crippen LogP contribution in [0.25, 0.3) is 0 Å². The first-order valence-electron chi connectivity index (χ1n) is 11.4. The summed E-state index contributed by atoms with van der Waals surface area (Å²) in [7, 11) is 0. The molecule has 1 amide bonds. The molecule has 8 heteroatoms. The first kappa shape index (κ1) is 26.4. The molecule has 0 aromatic carbocycles. The fourth-order valence-electron chi connectivity index (χ4n) is 4.30. The third-order valence-corrected chi connectivity index (χ3v) is 6.01. The van der Waals surface area contributed by atoms with Crippen LogP contribution >= 0.6 is 24.0 Å². The van der Waals surface area contributed by atoms with Gasteiger partial charge < -0.3 is 26.2 Å². The summed E-state index contributed by atoms with van der Waals surface area (Å²) >= 11 is 0. The number of guanidine groups is 1. The van der Waals surface area contributed by atoms with Gasteiger partial charge in [0.25, 0.3) is 0 Å². The summed E-state index contributed by atoms with van der Waals surface area (Å²) in [6.07, 6.45) is 8.23. The number of halogens is 1. The Morgan fingerprint density at radius 1 is 1.10 bits per heavy atom. The normalized spacial score (nSPS) is 24.0. The number of nitrogens with one attached hydrogen (secondary N) is 2. The summed E-state index contributed by atoms with van der Waals surface area (Å²) in [6.45, 7) is 12.4. The fourth-order valence-corrected chi connectivity index (χ4v) is 4.30. The van der Waals surface area contributed by atoms with E-state index in [-0.39, 0.29) is 35.8 Å². The van der Waals surface area contributed by atoms with E-state index in [0.717, 1.165) is 77.0 Å². The van der Waals surface area contributed by atoms with Gasteiger partial charge in [0, 0.05) is 38.8 Å². The van der Waals surface area contributed by atoms with Crippen molar-refractivity contribution in [3.05, 3.63) is 0 Å². The number of carbonyl (C=O) groups is 1. The van der Waals surface area contributed by atoms with Crippen molar-refractivity contribution in [3.63, 3.8) is 0 Å². The van der Waals surface area contributed by atoms with Crippen molar-refractivity contribution in [1.82, 2.24) is 20.4 Å². The predicted molar refractivity (Wildman–Crippen MR) is 132 cm³/mol. The van der Waals surface area contributed by atoms with Crippen molar-refractivity contribution in [3.8, 4) is 0 Å². The molecule has 4 N–H and O–H groups in total. The van der Waals surface area contributed by atoms with Crippen LogP contribution in [0.3, 0.4) is 0 Å². The van der Waals surface area contributed by atoms with E-state index in [1.165, 1.54) is 32.4 Å². The number of primary amides is 1. The molecule has 0 spiro atoms. The largest absolute Gasteiger partial charge is 0.369 e. The Labute approximate surface area is 194 Å². The van der Waals surface area contributed by atoms with Gasteiger partial charge in [-0.1, -0.05) is 6.42 Å². The second kappa shape index (κ2) is 15.2. The van der Waals surface area contributed by atoms with Gasteiger partial charge in [-0.15, -0.1) is 24.0 Å². The average molecular weight is 523 g/mol. The third-order valence-electron chi connectivity index (χ3n) is 6.01. The van der Waals surface area contributed by atoms with Crippen molar-refractivity contribution >= 4 is 35.8 Å². The molecule has 0 saturated carbocycles. The van der Waals surface area contributed by atoms with Crippen molar-refractivity contribution in [1.29, 1.82) is 0 Å². The molecule has 0 bridgehead atoms. The van der Waals surface area contributed by atoms with Crippen LogP contribution in [-0.4, -0.2) is 80.1 Å². The van der Waals surface area contributed by atoms with E-state index < -0.39 is 0 Å². The molecule has 2 rings (SSSR count). The van der Waals surface area contributed by atoms with Gasteiger partial charge in [0.05, 0.1) is 5.92 Å². The van der Waals surface area contributed by atoms with E-state index in [1.807, 2.05) is 0 Å². The minimum Gasteiger partial charge on any atom is -0.369 e. The van der Waals surface area contributed by atoms with Gasteiger partial charge in [-0.25, -0.2) is 0 Å². The van der Waals surface area contributed by atoms with E-state index >= 15 is 0 Å². The molecule has 29 heavy (non-hydrogen) atoms. The number of nitrogens with zero attached hydrogens (tertiary/aromatic N) is 3. The van der Waals surface area contributed by atoms with Gasteiger partial charge in [-0.05, 0) is 72.0 Å². The number of rotatable bonds is 10.